The van der Waals surface area contributed by atoms with Crippen LogP contribution in [0.5, 0.6) is 0 Å². The molecule has 2 unspecified atom stereocenters. The summed E-state index contributed by atoms with van der Waals surface area (Å²) in [5.74, 6) is 1.29. The van der Waals surface area contributed by atoms with Crippen LogP contribution in [0.4, 0.5) is 0 Å². The molecule has 5 nitrogen and oxygen atoms in total. The number of aryl methyl sites for hydroxylation is 1. The standard InChI is InChI=1S/C24H27N5/c1-2-7-22-20(6-1)25-15-28(22)17-10-11-23-21(12-17)26-24-13-18-8-9-19(14-27(23)24)29(18)16-4-3-5-16/h2,7,10-12,15-16,18-19H,1,3-6,8-9,13-14H2. The number of imidazole rings is 2. The third-order valence-corrected chi connectivity index (χ3v) is 7.78. The first-order valence-corrected chi connectivity index (χ1v) is 11.3. The van der Waals surface area contributed by atoms with Gasteiger partial charge in [0.25, 0.3) is 0 Å². The van der Waals surface area contributed by atoms with Crippen LogP contribution in [0.2, 0.25) is 0 Å². The van der Waals surface area contributed by atoms with Gasteiger partial charge in [-0.05, 0) is 62.8 Å². The van der Waals surface area contributed by atoms with Gasteiger partial charge in [-0.25, -0.2) is 9.97 Å². The van der Waals surface area contributed by atoms with Gasteiger partial charge in [0.15, 0.2) is 0 Å². The van der Waals surface area contributed by atoms with Crippen molar-refractivity contribution in [1.82, 2.24) is 24.0 Å². The second-order valence-electron chi connectivity index (χ2n) is 9.32. The summed E-state index contributed by atoms with van der Waals surface area (Å²) in [4.78, 5) is 12.7. The van der Waals surface area contributed by atoms with Crippen molar-refractivity contribution in [2.24, 2.45) is 0 Å². The average Bonchev–Trinajstić information content (AvgIpc) is 3.34. The van der Waals surface area contributed by atoms with Crippen LogP contribution in [0, 0.1) is 0 Å². The zero-order valence-corrected chi connectivity index (χ0v) is 16.8. The largest absolute Gasteiger partial charge is 0.326 e. The van der Waals surface area contributed by atoms with E-state index in [0.29, 0.717) is 12.1 Å². The van der Waals surface area contributed by atoms with E-state index in [0.717, 1.165) is 37.4 Å². The molecular formula is C24H27N5. The SMILES string of the molecule is C1=Cc2c(ncn2-c2ccc3c(c2)nc2n3CC3CCC(C2)N3C2CCC2)CC1. The zero-order chi connectivity index (χ0) is 18.9. The topological polar surface area (TPSA) is 38.9 Å². The van der Waals surface area contributed by atoms with Crippen molar-refractivity contribution in [3.63, 3.8) is 0 Å². The molecule has 1 saturated heterocycles. The van der Waals surface area contributed by atoms with E-state index in [2.05, 4.69) is 49.4 Å². The molecule has 148 valence electrons. The average molecular weight is 386 g/mol. The Bertz CT molecular complexity index is 1130. The highest BCUT2D eigenvalue weighted by Crippen LogP contribution is 2.39. The highest BCUT2D eigenvalue weighted by molar-refractivity contribution is 5.79. The lowest BCUT2D eigenvalue weighted by molar-refractivity contribution is 0.0739. The van der Waals surface area contributed by atoms with E-state index in [4.69, 9.17) is 4.98 Å². The van der Waals surface area contributed by atoms with E-state index in [1.165, 1.54) is 60.5 Å². The van der Waals surface area contributed by atoms with E-state index in [1.54, 1.807) is 0 Å². The molecule has 2 aliphatic carbocycles. The van der Waals surface area contributed by atoms with Crippen LogP contribution < -0.4 is 0 Å². The molecule has 0 N–H and O–H groups in total. The summed E-state index contributed by atoms with van der Waals surface area (Å²) in [5, 5.41) is 0. The highest BCUT2D eigenvalue weighted by Gasteiger charge is 2.43. The number of benzene rings is 1. The minimum atomic E-state index is 0.702. The van der Waals surface area contributed by atoms with Crippen molar-refractivity contribution >= 4 is 17.1 Å². The van der Waals surface area contributed by atoms with Gasteiger partial charge in [0.2, 0.25) is 0 Å². The maximum absolute atomic E-state index is 5.14. The quantitative estimate of drug-likeness (QED) is 0.666. The summed E-state index contributed by atoms with van der Waals surface area (Å²) in [6, 6.07) is 9.03. The van der Waals surface area contributed by atoms with E-state index < -0.39 is 0 Å². The van der Waals surface area contributed by atoms with Crippen LogP contribution in [0.3, 0.4) is 0 Å². The predicted molar refractivity (Wildman–Crippen MR) is 114 cm³/mol. The molecule has 0 amide bonds. The second kappa shape index (κ2) is 6.05. The molecule has 1 aromatic carbocycles. The third-order valence-electron chi connectivity index (χ3n) is 7.78. The number of allylic oxidation sites excluding steroid dienone is 1. The second-order valence-corrected chi connectivity index (χ2v) is 9.32. The van der Waals surface area contributed by atoms with Gasteiger partial charge < -0.3 is 4.57 Å². The van der Waals surface area contributed by atoms with Crippen LogP contribution >= 0.6 is 0 Å². The normalized spacial score (nSPS) is 26.3. The summed E-state index contributed by atoms with van der Waals surface area (Å²) < 4.78 is 4.74. The monoisotopic (exact) mass is 385 g/mol. The maximum atomic E-state index is 5.14. The van der Waals surface area contributed by atoms with E-state index in [9.17, 15) is 0 Å². The van der Waals surface area contributed by atoms with Gasteiger partial charge in [-0.1, -0.05) is 12.5 Å². The molecule has 29 heavy (non-hydrogen) atoms. The predicted octanol–water partition coefficient (Wildman–Crippen LogP) is 4.12. The van der Waals surface area contributed by atoms with Crippen molar-refractivity contribution in [3.05, 3.63) is 47.8 Å². The molecule has 4 heterocycles. The van der Waals surface area contributed by atoms with Gasteiger partial charge in [-0.15, -0.1) is 0 Å². The number of nitrogens with zero attached hydrogens (tertiary/aromatic N) is 5. The Hall–Kier alpha value is -2.40. The summed E-state index contributed by atoms with van der Waals surface area (Å²) in [6.45, 7) is 1.11. The van der Waals surface area contributed by atoms with Crippen molar-refractivity contribution in [2.75, 3.05) is 0 Å². The molecule has 3 aromatic rings. The maximum Gasteiger partial charge on any atom is 0.111 e. The van der Waals surface area contributed by atoms with Crippen LogP contribution in [-0.4, -0.2) is 42.1 Å². The Morgan fingerprint density at radius 1 is 1.00 bits per heavy atom. The number of hydrogen-bond acceptors (Lipinski definition) is 3. The van der Waals surface area contributed by atoms with Crippen LogP contribution in [-0.2, 0) is 19.4 Å². The first-order chi connectivity index (χ1) is 14.3. The Labute approximate surface area is 171 Å². The molecule has 2 aromatic heterocycles. The molecule has 2 aliphatic heterocycles. The van der Waals surface area contributed by atoms with Crippen LogP contribution in [0.25, 0.3) is 22.8 Å². The molecule has 7 rings (SSSR count). The summed E-state index contributed by atoms with van der Waals surface area (Å²) in [6.07, 6.45) is 16.6. The summed E-state index contributed by atoms with van der Waals surface area (Å²) >= 11 is 0. The lowest BCUT2D eigenvalue weighted by Crippen LogP contribution is -2.48. The van der Waals surface area contributed by atoms with Crippen molar-refractivity contribution in [1.29, 1.82) is 0 Å². The highest BCUT2D eigenvalue weighted by atomic mass is 15.3. The fraction of sp³-hybridized carbons (Fsp3) is 0.500. The molecule has 2 fully saturated rings. The number of fused-ring (bicyclic) bond motifs is 6. The Balaban J connectivity index is 1.28. The molecule has 2 bridgehead atoms. The first-order valence-electron chi connectivity index (χ1n) is 11.3. The number of rotatable bonds is 2. The first kappa shape index (κ1) is 16.4. The van der Waals surface area contributed by atoms with Gasteiger partial charge >= 0.3 is 0 Å². The summed E-state index contributed by atoms with van der Waals surface area (Å²) in [7, 11) is 0. The van der Waals surface area contributed by atoms with Crippen molar-refractivity contribution < 1.29 is 0 Å². The Morgan fingerprint density at radius 3 is 2.83 bits per heavy atom. The lowest BCUT2D eigenvalue weighted by atomic mass is 9.90. The molecular weight excluding hydrogens is 358 g/mol. The molecule has 1 saturated carbocycles. The molecule has 4 aliphatic rings. The fourth-order valence-electron chi connectivity index (χ4n) is 6.14. The van der Waals surface area contributed by atoms with Gasteiger partial charge in [0, 0.05) is 36.8 Å². The van der Waals surface area contributed by atoms with Gasteiger partial charge in [0.1, 0.15) is 5.82 Å². The van der Waals surface area contributed by atoms with Crippen LogP contribution in [0.15, 0.2) is 30.6 Å². The smallest absolute Gasteiger partial charge is 0.111 e. The van der Waals surface area contributed by atoms with E-state index in [1.807, 2.05) is 6.33 Å². The Kier molecular flexibility index (Phi) is 3.42. The zero-order valence-electron chi connectivity index (χ0n) is 16.8. The van der Waals surface area contributed by atoms with Crippen LogP contribution in [0.1, 0.15) is 55.7 Å². The van der Waals surface area contributed by atoms with E-state index in [-0.39, 0.29) is 0 Å². The lowest BCUT2D eigenvalue weighted by Gasteiger charge is -2.41. The van der Waals surface area contributed by atoms with Crippen molar-refractivity contribution in [2.45, 2.75) is 76.0 Å². The molecule has 0 spiro atoms. The van der Waals surface area contributed by atoms with E-state index >= 15 is 0 Å². The van der Waals surface area contributed by atoms with Gasteiger partial charge in [-0.3, -0.25) is 9.47 Å². The van der Waals surface area contributed by atoms with Gasteiger partial charge in [0.05, 0.1) is 28.7 Å². The summed E-state index contributed by atoms with van der Waals surface area (Å²) in [5.41, 5.74) is 6.04. The van der Waals surface area contributed by atoms with Gasteiger partial charge in [-0.2, -0.15) is 0 Å². The molecule has 2 atom stereocenters. The minimum absolute atomic E-state index is 0.702. The number of hydrogen-bond donors (Lipinski definition) is 0. The third kappa shape index (κ3) is 2.37. The van der Waals surface area contributed by atoms with Crippen molar-refractivity contribution in [3.8, 4) is 5.69 Å². The minimum Gasteiger partial charge on any atom is -0.326 e. The number of aromatic nitrogens is 4. The molecule has 0 radical (unpaired) electrons. The molecule has 5 heteroatoms. The fourth-order valence-corrected chi connectivity index (χ4v) is 6.14. The Morgan fingerprint density at radius 2 is 1.93 bits per heavy atom.